The topological polar surface area (TPSA) is 78.4 Å². The van der Waals surface area contributed by atoms with Gasteiger partial charge in [0.15, 0.2) is 0 Å². The third-order valence-corrected chi connectivity index (χ3v) is 4.62. The van der Waals surface area contributed by atoms with E-state index in [1.807, 2.05) is 18.4 Å². The lowest BCUT2D eigenvalue weighted by Crippen LogP contribution is -2.55. The molecule has 0 unspecified atom stereocenters. The number of rotatable bonds is 4. The van der Waals surface area contributed by atoms with Gasteiger partial charge in [-0.2, -0.15) is 0 Å². The molecule has 0 aliphatic heterocycles. The van der Waals surface area contributed by atoms with E-state index in [0.29, 0.717) is 19.4 Å². The highest BCUT2D eigenvalue weighted by molar-refractivity contribution is 7.10. The van der Waals surface area contributed by atoms with Crippen LogP contribution in [0, 0.1) is 6.92 Å². The summed E-state index contributed by atoms with van der Waals surface area (Å²) >= 11 is 1.58. The Morgan fingerprint density at radius 1 is 1.42 bits per heavy atom. The van der Waals surface area contributed by atoms with Crippen molar-refractivity contribution in [2.75, 3.05) is 0 Å². The van der Waals surface area contributed by atoms with Crippen molar-refractivity contribution >= 4 is 23.3 Å². The van der Waals surface area contributed by atoms with Crippen LogP contribution in [0.3, 0.4) is 0 Å². The predicted octanol–water partition coefficient (Wildman–Crippen LogP) is 2.25. The van der Waals surface area contributed by atoms with Crippen LogP contribution < -0.4 is 10.6 Å². The normalized spacial score (nSPS) is 17.1. The fraction of sp³-hybridized carbons (Fsp3) is 0.538. The van der Waals surface area contributed by atoms with Crippen molar-refractivity contribution in [1.82, 2.24) is 10.6 Å². The Balaban J connectivity index is 1.90. The van der Waals surface area contributed by atoms with Crippen LogP contribution in [0.1, 0.15) is 36.1 Å². The van der Waals surface area contributed by atoms with Crippen LogP contribution in [0.5, 0.6) is 0 Å². The lowest BCUT2D eigenvalue weighted by molar-refractivity contribution is -0.144. The standard InChI is InChI=1S/C13H18N2O3S/c1-9-4-7-19-10(9)8-14-12(18)15-13(11(16)17)5-2-3-6-13/h4,7H,2-3,5-6,8H2,1H3,(H,16,17)(H2,14,15,18). The summed E-state index contributed by atoms with van der Waals surface area (Å²) in [5.41, 5.74) is 0.0632. The molecule has 1 fully saturated rings. The molecule has 0 radical (unpaired) electrons. The van der Waals surface area contributed by atoms with E-state index >= 15 is 0 Å². The van der Waals surface area contributed by atoms with Crippen molar-refractivity contribution in [2.24, 2.45) is 0 Å². The number of aliphatic carboxylic acids is 1. The Hall–Kier alpha value is -1.56. The first-order valence-electron chi connectivity index (χ1n) is 6.36. The van der Waals surface area contributed by atoms with E-state index in [-0.39, 0.29) is 0 Å². The van der Waals surface area contributed by atoms with E-state index in [0.717, 1.165) is 23.3 Å². The lowest BCUT2D eigenvalue weighted by Gasteiger charge is -2.25. The predicted molar refractivity (Wildman–Crippen MR) is 73.3 cm³/mol. The van der Waals surface area contributed by atoms with Crippen molar-refractivity contribution in [1.29, 1.82) is 0 Å². The summed E-state index contributed by atoms with van der Waals surface area (Å²) in [7, 11) is 0. The number of carboxylic acid groups (broad SMARTS) is 1. The zero-order valence-corrected chi connectivity index (χ0v) is 11.7. The molecule has 104 valence electrons. The van der Waals surface area contributed by atoms with Crippen molar-refractivity contribution in [2.45, 2.75) is 44.7 Å². The Labute approximate surface area is 116 Å². The molecule has 0 aromatic carbocycles. The van der Waals surface area contributed by atoms with Gasteiger partial charge < -0.3 is 15.7 Å². The summed E-state index contributed by atoms with van der Waals surface area (Å²) in [4.78, 5) is 24.2. The lowest BCUT2D eigenvalue weighted by atomic mass is 9.98. The monoisotopic (exact) mass is 282 g/mol. The average Bonchev–Trinajstić information content (AvgIpc) is 2.97. The number of hydrogen-bond acceptors (Lipinski definition) is 3. The Morgan fingerprint density at radius 3 is 2.63 bits per heavy atom. The fourth-order valence-electron chi connectivity index (χ4n) is 2.38. The summed E-state index contributed by atoms with van der Waals surface area (Å²) in [5.74, 6) is -0.938. The van der Waals surface area contributed by atoms with E-state index in [2.05, 4.69) is 10.6 Å². The second-order valence-electron chi connectivity index (χ2n) is 4.93. The first-order chi connectivity index (χ1) is 9.03. The maximum atomic E-state index is 11.8. The van der Waals surface area contributed by atoms with E-state index in [1.165, 1.54) is 0 Å². The van der Waals surface area contributed by atoms with Crippen LogP contribution in [0.4, 0.5) is 4.79 Å². The van der Waals surface area contributed by atoms with Gasteiger partial charge in [0.25, 0.3) is 0 Å². The molecule has 1 aromatic rings. The van der Waals surface area contributed by atoms with E-state index in [4.69, 9.17) is 0 Å². The minimum Gasteiger partial charge on any atom is -0.480 e. The molecule has 6 heteroatoms. The molecule has 0 atom stereocenters. The maximum absolute atomic E-state index is 11.8. The van der Waals surface area contributed by atoms with Crippen LogP contribution in [-0.2, 0) is 11.3 Å². The highest BCUT2D eigenvalue weighted by atomic mass is 32.1. The highest BCUT2D eigenvalue weighted by Gasteiger charge is 2.42. The van der Waals surface area contributed by atoms with E-state index in [9.17, 15) is 14.7 Å². The van der Waals surface area contributed by atoms with Crippen LogP contribution >= 0.6 is 11.3 Å². The first kappa shape index (κ1) is 13.9. The van der Waals surface area contributed by atoms with Gasteiger partial charge in [-0.25, -0.2) is 9.59 Å². The van der Waals surface area contributed by atoms with Crippen molar-refractivity contribution in [3.63, 3.8) is 0 Å². The molecule has 1 saturated carbocycles. The molecule has 0 saturated heterocycles. The average molecular weight is 282 g/mol. The second kappa shape index (κ2) is 5.61. The molecular weight excluding hydrogens is 264 g/mol. The van der Waals surface area contributed by atoms with Crippen LogP contribution in [0.15, 0.2) is 11.4 Å². The van der Waals surface area contributed by atoms with Gasteiger partial charge >= 0.3 is 12.0 Å². The zero-order valence-electron chi connectivity index (χ0n) is 10.9. The van der Waals surface area contributed by atoms with Gasteiger partial charge in [-0.3, -0.25) is 0 Å². The smallest absolute Gasteiger partial charge is 0.329 e. The van der Waals surface area contributed by atoms with Gasteiger partial charge in [-0.1, -0.05) is 12.8 Å². The molecule has 1 heterocycles. The summed E-state index contributed by atoms with van der Waals surface area (Å²) in [6.07, 6.45) is 2.70. The number of thiophene rings is 1. The largest absolute Gasteiger partial charge is 0.480 e. The van der Waals surface area contributed by atoms with Gasteiger partial charge in [-0.15, -0.1) is 11.3 Å². The quantitative estimate of drug-likeness (QED) is 0.792. The van der Waals surface area contributed by atoms with Gasteiger partial charge in [0.05, 0.1) is 6.54 Å². The molecule has 1 aliphatic rings. The third-order valence-electron chi connectivity index (χ3n) is 3.60. The van der Waals surface area contributed by atoms with Crippen molar-refractivity contribution in [3.05, 3.63) is 21.9 Å². The second-order valence-corrected chi connectivity index (χ2v) is 5.93. The molecular formula is C13H18N2O3S. The maximum Gasteiger partial charge on any atom is 0.329 e. The molecule has 0 bridgehead atoms. The number of carbonyl (C=O) groups is 2. The first-order valence-corrected chi connectivity index (χ1v) is 7.24. The SMILES string of the molecule is Cc1ccsc1CNC(=O)NC1(C(=O)O)CCCC1. The molecule has 1 aromatic heterocycles. The molecule has 5 nitrogen and oxygen atoms in total. The number of aryl methyl sites for hydroxylation is 1. The summed E-state index contributed by atoms with van der Waals surface area (Å²) in [6, 6.07) is 1.59. The zero-order chi connectivity index (χ0) is 13.9. The van der Waals surface area contributed by atoms with Crippen molar-refractivity contribution < 1.29 is 14.7 Å². The van der Waals surface area contributed by atoms with Crippen LogP contribution in [0.2, 0.25) is 0 Å². The number of nitrogens with one attached hydrogen (secondary N) is 2. The van der Waals surface area contributed by atoms with Gasteiger partial charge in [0, 0.05) is 4.88 Å². The summed E-state index contributed by atoms with van der Waals surface area (Å²) in [5, 5.41) is 16.6. The summed E-state index contributed by atoms with van der Waals surface area (Å²) < 4.78 is 0. The molecule has 0 spiro atoms. The number of hydrogen-bond donors (Lipinski definition) is 3. The number of carbonyl (C=O) groups excluding carboxylic acids is 1. The Bertz CT molecular complexity index is 478. The van der Waals surface area contributed by atoms with Crippen molar-refractivity contribution in [3.8, 4) is 0 Å². The summed E-state index contributed by atoms with van der Waals surface area (Å²) in [6.45, 7) is 2.42. The molecule has 2 rings (SSSR count). The molecule has 19 heavy (non-hydrogen) atoms. The Morgan fingerprint density at radius 2 is 2.11 bits per heavy atom. The molecule has 1 aliphatic carbocycles. The van der Waals surface area contributed by atoms with Crippen LogP contribution in [0.25, 0.3) is 0 Å². The fourth-order valence-corrected chi connectivity index (χ4v) is 3.22. The van der Waals surface area contributed by atoms with Gasteiger partial charge in [0.2, 0.25) is 0 Å². The highest BCUT2D eigenvalue weighted by Crippen LogP contribution is 2.29. The van der Waals surface area contributed by atoms with Gasteiger partial charge in [0.1, 0.15) is 5.54 Å². The van der Waals surface area contributed by atoms with Gasteiger partial charge in [-0.05, 0) is 36.8 Å². The molecule has 2 amide bonds. The number of carboxylic acids is 1. The van der Waals surface area contributed by atoms with E-state index < -0.39 is 17.5 Å². The third kappa shape index (κ3) is 3.07. The van der Waals surface area contributed by atoms with E-state index in [1.54, 1.807) is 11.3 Å². The molecule has 3 N–H and O–H groups in total. The minimum atomic E-state index is -1.07. The minimum absolute atomic E-state index is 0.405. The Kier molecular flexibility index (Phi) is 4.09. The number of amides is 2. The number of urea groups is 1. The van der Waals surface area contributed by atoms with Crippen LogP contribution in [-0.4, -0.2) is 22.6 Å².